The van der Waals surface area contributed by atoms with Crippen molar-refractivity contribution < 1.29 is 14.4 Å². The van der Waals surface area contributed by atoms with Gasteiger partial charge in [-0.25, -0.2) is 4.79 Å². The lowest BCUT2D eigenvalue weighted by Crippen LogP contribution is -2.49. The fourth-order valence-electron chi connectivity index (χ4n) is 4.14. The molecular formula is C21H29N3O3. The standard InChI is InChI=1S/C21H29N3O3/c1-4-15-7-6-8-16(5-2)18(15)22-17(25)13-24-19(26)21(23-20(24)27)11-9-14(3)10-12-21/h6-8,14H,4-5,9-13H2,1-3H3,(H,22,25)(H,23,27). The normalized spacial score (nSPS) is 25.0. The second-order valence-electron chi connectivity index (χ2n) is 7.79. The monoisotopic (exact) mass is 371 g/mol. The van der Waals surface area contributed by atoms with Gasteiger partial charge in [0, 0.05) is 5.69 Å². The maximum atomic E-state index is 12.9. The lowest BCUT2D eigenvalue weighted by molar-refractivity contribution is -0.135. The molecule has 2 fully saturated rings. The number of urea groups is 1. The second-order valence-corrected chi connectivity index (χ2v) is 7.79. The molecule has 1 aromatic rings. The Bertz CT molecular complexity index is 729. The van der Waals surface area contributed by atoms with Crippen LogP contribution in [0.4, 0.5) is 10.5 Å². The molecule has 0 aromatic heterocycles. The van der Waals surface area contributed by atoms with Gasteiger partial charge in [0.15, 0.2) is 0 Å². The van der Waals surface area contributed by atoms with Crippen LogP contribution >= 0.6 is 0 Å². The molecule has 146 valence electrons. The zero-order chi connectivity index (χ0) is 19.6. The zero-order valence-corrected chi connectivity index (χ0v) is 16.4. The van der Waals surface area contributed by atoms with Gasteiger partial charge in [0.1, 0.15) is 12.1 Å². The van der Waals surface area contributed by atoms with Crippen molar-refractivity contribution in [2.75, 3.05) is 11.9 Å². The van der Waals surface area contributed by atoms with Crippen molar-refractivity contribution in [1.82, 2.24) is 10.2 Å². The number of carbonyl (C=O) groups excluding carboxylic acids is 3. The molecule has 1 aliphatic carbocycles. The summed E-state index contributed by atoms with van der Waals surface area (Å²) in [6.45, 7) is 5.99. The van der Waals surface area contributed by atoms with Crippen molar-refractivity contribution >= 4 is 23.5 Å². The zero-order valence-electron chi connectivity index (χ0n) is 16.4. The molecule has 0 unspecified atom stereocenters. The van der Waals surface area contributed by atoms with Gasteiger partial charge in [0.25, 0.3) is 5.91 Å². The molecule has 0 atom stereocenters. The maximum absolute atomic E-state index is 12.9. The second kappa shape index (κ2) is 7.71. The van der Waals surface area contributed by atoms with E-state index in [0.717, 1.165) is 47.4 Å². The Morgan fingerprint density at radius 2 is 1.78 bits per heavy atom. The van der Waals surface area contributed by atoms with Gasteiger partial charge in [-0.05, 0) is 55.6 Å². The summed E-state index contributed by atoms with van der Waals surface area (Å²) in [5, 5.41) is 5.80. The van der Waals surface area contributed by atoms with E-state index in [-0.39, 0.29) is 18.4 Å². The number of anilines is 1. The molecule has 0 bridgehead atoms. The number of hydrogen-bond acceptors (Lipinski definition) is 3. The highest BCUT2D eigenvalue weighted by molar-refractivity contribution is 6.10. The molecule has 27 heavy (non-hydrogen) atoms. The predicted molar refractivity (Wildman–Crippen MR) is 104 cm³/mol. The Hall–Kier alpha value is -2.37. The van der Waals surface area contributed by atoms with Crippen LogP contribution in [-0.4, -0.2) is 34.8 Å². The molecule has 1 saturated heterocycles. The number of rotatable bonds is 5. The van der Waals surface area contributed by atoms with Gasteiger partial charge >= 0.3 is 6.03 Å². The molecule has 6 heteroatoms. The Kier molecular flexibility index (Phi) is 5.53. The number of benzene rings is 1. The molecule has 1 aromatic carbocycles. The molecule has 6 nitrogen and oxygen atoms in total. The first-order valence-electron chi connectivity index (χ1n) is 9.95. The van der Waals surface area contributed by atoms with E-state index in [0.29, 0.717) is 18.8 Å². The Morgan fingerprint density at radius 1 is 1.19 bits per heavy atom. The number of carbonyl (C=O) groups is 3. The molecule has 1 heterocycles. The maximum Gasteiger partial charge on any atom is 0.325 e. The lowest BCUT2D eigenvalue weighted by atomic mass is 9.77. The average molecular weight is 371 g/mol. The number of hydrogen-bond donors (Lipinski definition) is 2. The van der Waals surface area contributed by atoms with E-state index < -0.39 is 11.6 Å². The number of nitrogens with zero attached hydrogens (tertiary/aromatic N) is 1. The number of amides is 4. The lowest BCUT2D eigenvalue weighted by Gasteiger charge is -2.33. The van der Waals surface area contributed by atoms with Crippen molar-refractivity contribution in [3.63, 3.8) is 0 Å². The summed E-state index contributed by atoms with van der Waals surface area (Å²) in [5.41, 5.74) is 2.11. The third-order valence-corrected chi connectivity index (χ3v) is 5.94. The third-order valence-electron chi connectivity index (χ3n) is 5.94. The quantitative estimate of drug-likeness (QED) is 0.780. The van der Waals surface area contributed by atoms with E-state index in [1.54, 1.807) is 0 Å². The van der Waals surface area contributed by atoms with E-state index >= 15 is 0 Å². The minimum Gasteiger partial charge on any atom is -0.324 e. The summed E-state index contributed by atoms with van der Waals surface area (Å²) in [6, 6.07) is 5.50. The predicted octanol–water partition coefficient (Wildman–Crippen LogP) is 3.25. The first-order chi connectivity index (χ1) is 12.9. The SMILES string of the molecule is CCc1cccc(CC)c1NC(=O)CN1C(=O)NC2(CCC(C)CC2)C1=O. The highest BCUT2D eigenvalue weighted by Gasteiger charge is 2.52. The van der Waals surface area contributed by atoms with Gasteiger partial charge in [-0.15, -0.1) is 0 Å². The van der Waals surface area contributed by atoms with Gasteiger partial charge in [-0.1, -0.05) is 39.0 Å². The average Bonchev–Trinajstić information content (AvgIpc) is 2.88. The van der Waals surface area contributed by atoms with Crippen LogP contribution in [0.3, 0.4) is 0 Å². The third kappa shape index (κ3) is 3.70. The first kappa shape index (κ1) is 19.4. The van der Waals surface area contributed by atoms with E-state index in [9.17, 15) is 14.4 Å². The van der Waals surface area contributed by atoms with Crippen LogP contribution in [-0.2, 0) is 22.4 Å². The molecule has 4 amide bonds. The van der Waals surface area contributed by atoms with Gasteiger partial charge in [0.2, 0.25) is 5.91 Å². The topological polar surface area (TPSA) is 78.5 Å². The van der Waals surface area contributed by atoms with Crippen molar-refractivity contribution in [3.8, 4) is 0 Å². The number of imide groups is 1. The van der Waals surface area contributed by atoms with Crippen LogP contribution < -0.4 is 10.6 Å². The number of nitrogens with one attached hydrogen (secondary N) is 2. The van der Waals surface area contributed by atoms with Crippen molar-refractivity contribution in [2.24, 2.45) is 5.92 Å². The largest absolute Gasteiger partial charge is 0.325 e. The van der Waals surface area contributed by atoms with E-state index in [2.05, 4.69) is 17.6 Å². The molecule has 1 aliphatic heterocycles. The molecular weight excluding hydrogens is 342 g/mol. The van der Waals surface area contributed by atoms with Gasteiger partial charge in [0.05, 0.1) is 0 Å². The van der Waals surface area contributed by atoms with Gasteiger partial charge < -0.3 is 10.6 Å². The molecule has 3 rings (SSSR count). The Labute approximate surface area is 160 Å². The smallest absolute Gasteiger partial charge is 0.324 e. The van der Waals surface area contributed by atoms with Crippen LogP contribution in [0.5, 0.6) is 0 Å². The molecule has 0 radical (unpaired) electrons. The van der Waals surface area contributed by atoms with Crippen molar-refractivity contribution in [1.29, 1.82) is 0 Å². The summed E-state index contributed by atoms with van der Waals surface area (Å²) in [6.07, 6.45) is 4.72. The van der Waals surface area contributed by atoms with E-state index in [1.165, 1.54) is 0 Å². The van der Waals surface area contributed by atoms with Crippen LogP contribution in [0.15, 0.2) is 18.2 Å². The highest BCUT2D eigenvalue weighted by atomic mass is 16.2. The minimum absolute atomic E-state index is 0.247. The van der Waals surface area contributed by atoms with Crippen molar-refractivity contribution in [3.05, 3.63) is 29.3 Å². The Balaban J connectivity index is 1.72. The van der Waals surface area contributed by atoms with E-state index in [1.807, 2.05) is 32.0 Å². The highest BCUT2D eigenvalue weighted by Crippen LogP contribution is 2.36. The first-order valence-corrected chi connectivity index (χ1v) is 9.95. The summed E-state index contributed by atoms with van der Waals surface area (Å²) < 4.78 is 0. The van der Waals surface area contributed by atoms with Crippen LogP contribution in [0.1, 0.15) is 57.6 Å². The molecule has 2 N–H and O–H groups in total. The number of aryl methyl sites for hydroxylation is 2. The van der Waals surface area contributed by atoms with Crippen molar-refractivity contribution in [2.45, 2.75) is 64.8 Å². The fraction of sp³-hybridized carbons (Fsp3) is 0.571. The minimum atomic E-state index is -0.806. The van der Waals surface area contributed by atoms with Gasteiger partial charge in [-0.3, -0.25) is 14.5 Å². The molecule has 1 saturated carbocycles. The summed E-state index contributed by atoms with van der Waals surface area (Å²) >= 11 is 0. The summed E-state index contributed by atoms with van der Waals surface area (Å²) in [4.78, 5) is 39.0. The van der Waals surface area contributed by atoms with Gasteiger partial charge in [-0.2, -0.15) is 0 Å². The number of para-hydroxylation sites is 1. The summed E-state index contributed by atoms with van der Waals surface area (Å²) in [7, 11) is 0. The van der Waals surface area contributed by atoms with Crippen LogP contribution in [0, 0.1) is 5.92 Å². The Morgan fingerprint density at radius 3 is 2.33 bits per heavy atom. The fourth-order valence-corrected chi connectivity index (χ4v) is 4.14. The molecule has 2 aliphatic rings. The van der Waals surface area contributed by atoms with Crippen LogP contribution in [0.2, 0.25) is 0 Å². The molecule has 1 spiro atoms. The summed E-state index contributed by atoms with van der Waals surface area (Å²) in [5.74, 6) is -0.0277. The van der Waals surface area contributed by atoms with Crippen LogP contribution in [0.25, 0.3) is 0 Å². The van der Waals surface area contributed by atoms with E-state index in [4.69, 9.17) is 0 Å².